The van der Waals surface area contributed by atoms with E-state index in [0.717, 1.165) is 4.68 Å². The number of aliphatic hydroxyl groups excluding tert-OH is 23. The zero-order valence-electron chi connectivity index (χ0n) is 54.8. The summed E-state index contributed by atoms with van der Waals surface area (Å²) in [6.07, 6.45) is -82.7. The first-order valence-corrected chi connectivity index (χ1v) is 33.2. The number of benzene rings is 1. The Hall–Kier alpha value is -3.75. The molecule has 25 N–H and O–H groups in total. The Morgan fingerprint density at radius 3 is 0.771 bits per heavy atom. The minimum Gasteiger partial charge on any atom is -0.455 e. The van der Waals surface area contributed by atoms with E-state index in [2.05, 4.69) is 10.3 Å². The third-order valence-electron chi connectivity index (χ3n) is 19.5. The highest BCUT2D eigenvalue weighted by molar-refractivity contribution is 6.58. The second-order valence-electron chi connectivity index (χ2n) is 26.3. The number of carbonyl (C=O) groups is 1. The van der Waals surface area contributed by atoms with Crippen LogP contribution in [0.3, 0.4) is 0 Å². The van der Waals surface area contributed by atoms with Crippen LogP contribution in [0.2, 0.25) is 0 Å². The molecule has 0 spiro atoms. The number of nitrogens with zero attached hydrogens (tertiary/aromatic N) is 3. The van der Waals surface area contributed by atoms with Crippen LogP contribution in [-0.2, 0) is 93.7 Å². The molecule has 30 aliphatic heterocycles. The van der Waals surface area contributed by atoms with Crippen LogP contribution in [-0.4, -0.2) is 447 Å². The van der Waals surface area contributed by atoms with Gasteiger partial charge in [0.2, 0.25) is 0 Å². The smallest absolute Gasteiger partial charge is 0.455 e. The minimum absolute atomic E-state index is 0.00844. The molecule has 1 aromatic heterocycles. The fraction of sp³-hybridized carbons (Fsp3) is 0.845. The molecule has 0 aliphatic carbocycles. The normalized spacial score (nSPS) is 48.2. The summed E-state index contributed by atoms with van der Waals surface area (Å²) in [6, 6.07) is 5.02. The number of aliphatic hydroxyl groups is 23. The molecule has 0 radical (unpaired) electrons. The summed E-state index contributed by atoms with van der Waals surface area (Å²) < 4.78 is 99.4. The Balaban J connectivity index is 0.868. The number of hydrogen-bond acceptors (Lipinski definition) is 45. The lowest BCUT2D eigenvalue weighted by Gasteiger charge is -2.50. The summed E-state index contributed by atoms with van der Waals surface area (Å²) in [4.78, 5) is 12.9. The topological polar surface area (TPSA) is 710 Å². The Bertz CT molecular complexity index is 3040. The highest BCUT2D eigenvalue weighted by Gasteiger charge is 2.61. The van der Waals surface area contributed by atoms with Crippen molar-refractivity contribution < 1.29 is 213 Å². The lowest BCUT2D eigenvalue weighted by Crippen LogP contribution is -2.69. The van der Waals surface area contributed by atoms with E-state index in [-0.39, 0.29) is 16.7 Å². The van der Waals surface area contributed by atoms with Crippen molar-refractivity contribution in [2.45, 2.75) is 259 Å². The molecule has 596 valence electrons. The van der Waals surface area contributed by atoms with Gasteiger partial charge in [-0.25, -0.2) is 9.48 Å². The van der Waals surface area contributed by atoms with E-state index in [1.807, 2.05) is 0 Å². The van der Waals surface area contributed by atoms with Crippen LogP contribution in [0.5, 0.6) is 0 Å². The lowest BCUT2D eigenvalue weighted by atomic mass is 9.80. The quantitative estimate of drug-likeness (QED) is 0.0654. The molecule has 30 saturated heterocycles. The maximum absolute atomic E-state index is 12.9. The molecule has 2 aromatic rings. The first kappa shape index (κ1) is 82.2. The molecule has 32 rings (SSSR count). The van der Waals surface area contributed by atoms with Gasteiger partial charge in [-0.2, -0.15) is 0 Å². The molecule has 1 aromatic carbocycles. The average molecular weight is 1530 g/mol. The van der Waals surface area contributed by atoms with E-state index in [0.29, 0.717) is 0 Å². The van der Waals surface area contributed by atoms with Crippen molar-refractivity contribution in [3.63, 3.8) is 0 Å². The largest absolute Gasteiger partial charge is 0.488 e. The standard InChI is InChI=1S/C58H88BN3O43/c63-7-19-43-28(72)36(80)53(92-19)101-45-21(9-65)94-55(38(82)30(45)74)103-47-23(11-67)96-57(40(84)32(47)76)105-49-25(13-69)97-58(41(85)33(49)77)104-48-24(12-68)95-56(39(83)31(48)75)102-46-22(10-66)93-54(37(81)29(46)73)100-44-20(8-64)91-52(35(79)27(44)71)98-42-18(90-51(99-43)34(78)26(42)70)6-62-5-17(60-61-62)14-89-50(86)15-1-3-16(4-2-15)59(87)88/h1-5,18-49,51-58,63-85,87-88H,6-14H2/t18-,19-,20-,21-,22-,23-,24-,25-,26-,27-,28-,29-,30-,31-,32-,33-,34-,35-,36-,37-,38-,39-,40-,41-,42-,43-,44-,45-,46-,47-,48-,49-,51-,52-,53-,54-,55-,56-,57-,58-/m1/s1. The van der Waals surface area contributed by atoms with Gasteiger partial charge in [0.25, 0.3) is 0 Å². The van der Waals surface area contributed by atoms with Crippen molar-refractivity contribution in [2.24, 2.45) is 0 Å². The van der Waals surface area contributed by atoms with E-state index in [1.54, 1.807) is 0 Å². The van der Waals surface area contributed by atoms with Crippen LogP contribution in [0, 0.1) is 0 Å². The zero-order chi connectivity index (χ0) is 75.9. The molecule has 30 fully saturated rings. The van der Waals surface area contributed by atoms with Crippen molar-refractivity contribution in [3.05, 3.63) is 41.7 Å². The van der Waals surface area contributed by atoms with Crippen LogP contribution >= 0.6 is 0 Å². The Morgan fingerprint density at radius 1 is 0.333 bits per heavy atom. The molecule has 105 heavy (non-hydrogen) atoms. The fourth-order valence-electron chi connectivity index (χ4n) is 13.6. The van der Waals surface area contributed by atoms with Crippen LogP contribution in [0.4, 0.5) is 0 Å². The van der Waals surface area contributed by atoms with Crippen molar-refractivity contribution >= 4 is 18.6 Å². The second kappa shape index (κ2) is 35.3. The summed E-state index contributed by atoms with van der Waals surface area (Å²) in [5, 5.41) is 286. The Morgan fingerprint density at radius 2 is 0.552 bits per heavy atom. The van der Waals surface area contributed by atoms with Gasteiger partial charge in [-0.3, -0.25) is 0 Å². The third kappa shape index (κ3) is 17.1. The number of aromatic nitrogens is 3. The van der Waals surface area contributed by atoms with Gasteiger partial charge in [-0.1, -0.05) is 17.3 Å². The summed E-state index contributed by atoms with van der Waals surface area (Å²) in [5.41, 5.74) is 0.0255. The molecule has 31 heterocycles. The molecular weight excluding hydrogens is 1440 g/mol. The van der Waals surface area contributed by atoms with Gasteiger partial charge in [0.05, 0.1) is 64.6 Å². The van der Waals surface area contributed by atoms with E-state index < -0.39 is 318 Å². The summed E-state index contributed by atoms with van der Waals surface area (Å²) in [5.74, 6) is -0.890. The Labute approximate surface area is 591 Å². The van der Waals surface area contributed by atoms with Gasteiger partial charge in [-0.15, -0.1) is 5.10 Å². The van der Waals surface area contributed by atoms with Crippen LogP contribution in [0.25, 0.3) is 0 Å². The monoisotopic (exact) mass is 1530 g/mol. The van der Waals surface area contributed by atoms with Gasteiger partial charge < -0.3 is 208 Å². The zero-order valence-corrected chi connectivity index (χ0v) is 54.8. The lowest BCUT2D eigenvalue weighted by molar-refractivity contribution is -0.403. The first-order chi connectivity index (χ1) is 50.1. The predicted octanol–water partition coefficient (Wildman–Crippen LogP) is -18.1. The number of hydrogen-bond donors (Lipinski definition) is 25. The maximum Gasteiger partial charge on any atom is 0.488 e. The molecule has 16 bridgehead atoms. The highest BCUT2D eigenvalue weighted by atomic mass is 16.8. The van der Waals surface area contributed by atoms with Gasteiger partial charge >= 0.3 is 13.1 Å². The van der Waals surface area contributed by atoms with Gasteiger partial charge in [0, 0.05) is 0 Å². The molecule has 46 nitrogen and oxygen atoms in total. The SMILES string of the molecule is O=C(OCc1cn(C[C@H]2O[C@@H]3O[C@H]4[C@H](O)[C@@H](O)[C@@H](O[C@H]5[C@H](O)[C@@H](O)[C@@H](O[C@H]6[C@H](O)[C@@H](O)[C@@H](O[C@H]7[C@H](O)[C@@H](O)[C@@H](O[C@H]8[C@H](O)[C@@H](O)[C@@H](O[C@H]9[C@H](O)[C@@H](O)[C@@H](O[C@H]%10[C@H](O)[C@@H](O)[C@@H](O[C@H]2[C@H](O)[C@H]3O)O[C@@H]%10CO)O[C@@H]9CO)O[C@@H]8CO)O[C@@H]7CO)O[C@@H]6CO)O[C@@H]5CO)O[C@@H]4CO)nn1)c1ccc(B(O)O)cc1. The van der Waals surface area contributed by atoms with E-state index >= 15 is 0 Å². The molecule has 0 unspecified atom stereocenters. The van der Waals surface area contributed by atoms with Crippen molar-refractivity contribution in [1.29, 1.82) is 0 Å². The second-order valence-corrected chi connectivity index (χ2v) is 26.3. The molecule has 47 heteroatoms. The van der Waals surface area contributed by atoms with Crippen LogP contribution < -0.4 is 5.46 Å². The Kier molecular flexibility index (Phi) is 27.6. The van der Waals surface area contributed by atoms with E-state index in [1.165, 1.54) is 30.5 Å². The highest BCUT2D eigenvalue weighted by Crippen LogP contribution is 2.40. The molecule has 0 saturated carbocycles. The average Bonchev–Trinajstić information content (AvgIpc) is 1.04. The third-order valence-corrected chi connectivity index (χ3v) is 19.5. The predicted molar refractivity (Wildman–Crippen MR) is 319 cm³/mol. The van der Waals surface area contributed by atoms with Crippen LogP contribution in [0.15, 0.2) is 30.5 Å². The van der Waals surface area contributed by atoms with Gasteiger partial charge in [0.1, 0.15) is 208 Å². The van der Waals surface area contributed by atoms with Crippen molar-refractivity contribution in [3.8, 4) is 0 Å². The summed E-state index contributed by atoms with van der Waals surface area (Å²) >= 11 is 0. The number of ether oxygens (including phenoxy) is 17. The minimum atomic E-state index is -2.33. The maximum atomic E-state index is 12.9. The molecule has 40 atom stereocenters. The van der Waals surface area contributed by atoms with E-state index in [4.69, 9.17) is 80.5 Å². The summed E-state index contributed by atoms with van der Waals surface area (Å²) in [6.45, 7) is -8.97. The molecule has 30 aliphatic rings. The molecule has 0 amide bonds. The van der Waals surface area contributed by atoms with Crippen LogP contribution in [0.1, 0.15) is 16.1 Å². The van der Waals surface area contributed by atoms with Crippen molar-refractivity contribution in [2.75, 3.05) is 46.2 Å². The fourth-order valence-corrected chi connectivity index (χ4v) is 13.6. The number of esters is 1. The van der Waals surface area contributed by atoms with Gasteiger partial charge in [-0.05, 0) is 17.6 Å². The molecular formula is C58H88BN3O43. The van der Waals surface area contributed by atoms with Crippen molar-refractivity contribution in [1.82, 2.24) is 15.0 Å². The van der Waals surface area contributed by atoms with Gasteiger partial charge in [0.15, 0.2) is 50.3 Å². The number of rotatable bonds is 13. The number of carbonyl (C=O) groups excluding carboxylic acids is 1. The summed E-state index contributed by atoms with van der Waals surface area (Å²) in [7, 11) is -1.83. The first-order valence-electron chi connectivity index (χ1n) is 33.2. The van der Waals surface area contributed by atoms with E-state index in [9.17, 15) is 132 Å².